The largest absolute Gasteiger partial charge is 0.502 e. The molecule has 106 valence electrons. The highest BCUT2D eigenvalue weighted by molar-refractivity contribution is 7.13. The first-order valence-electron chi connectivity index (χ1n) is 5.80. The van der Waals surface area contributed by atoms with E-state index in [0.29, 0.717) is 11.5 Å². The van der Waals surface area contributed by atoms with Crippen molar-refractivity contribution in [2.75, 3.05) is 19.6 Å². The summed E-state index contributed by atoms with van der Waals surface area (Å²) in [6.07, 6.45) is 1.60. The van der Waals surface area contributed by atoms with Crippen LogP contribution >= 0.6 is 11.3 Å². The van der Waals surface area contributed by atoms with Gasteiger partial charge in [0.15, 0.2) is 11.5 Å². The lowest BCUT2D eigenvalue weighted by Gasteiger charge is -2.09. The van der Waals surface area contributed by atoms with E-state index in [9.17, 15) is 5.11 Å². The number of aryl methyl sites for hydroxylation is 1. The van der Waals surface area contributed by atoms with E-state index in [1.54, 1.807) is 18.3 Å². The monoisotopic (exact) mass is 293 g/mol. The molecule has 0 saturated carbocycles. The molecule has 0 amide bonds. The van der Waals surface area contributed by atoms with Crippen LogP contribution in [0.3, 0.4) is 0 Å². The molecule has 0 bridgehead atoms. The number of benzene rings is 1. The molecule has 20 heavy (non-hydrogen) atoms. The number of hydrogen-bond acceptors (Lipinski definition) is 7. The minimum Gasteiger partial charge on any atom is -0.502 e. The molecular weight excluding hydrogens is 278 g/mol. The molecule has 0 radical (unpaired) electrons. The topological polar surface area (TPSA) is 76.0 Å². The van der Waals surface area contributed by atoms with Crippen molar-refractivity contribution in [3.63, 3.8) is 0 Å². The van der Waals surface area contributed by atoms with Crippen molar-refractivity contribution in [2.24, 2.45) is 5.10 Å². The SMILES string of the molecule is COc1cc(C=NNc2nc(C)cs2)cc(OC)c1O. The highest BCUT2D eigenvalue weighted by Crippen LogP contribution is 2.36. The molecular formula is C13H15N3O3S. The van der Waals surface area contributed by atoms with Crippen LogP contribution in [0.4, 0.5) is 5.13 Å². The summed E-state index contributed by atoms with van der Waals surface area (Å²) in [7, 11) is 2.96. The van der Waals surface area contributed by atoms with Crippen LogP contribution in [0.25, 0.3) is 0 Å². The van der Waals surface area contributed by atoms with Crippen molar-refractivity contribution in [3.8, 4) is 17.2 Å². The summed E-state index contributed by atoms with van der Waals surface area (Å²) in [4.78, 5) is 4.23. The Morgan fingerprint density at radius 2 is 1.95 bits per heavy atom. The highest BCUT2D eigenvalue weighted by Gasteiger charge is 2.10. The van der Waals surface area contributed by atoms with Gasteiger partial charge in [-0.25, -0.2) is 4.98 Å². The molecule has 1 heterocycles. The summed E-state index contributed by atoms with van der Waals surface area (Å²) >= 11 is 1.48. The summed E-state index contributed by atoms with van der Waals surface area (Å²) in [5.41, 5.74) is 4.51. The van der Waals surface area contributed by atoms with Crippen LogP contribution in [0, 0.1) is 6.92 Å². The lowest BCUT2D eigenvalue weighted by Crippen LogP contribution is -1.94. The molecule has 0 aliphatic rings. The Hall–Kier alpha value is -2.28. The fraction of sp³-hybridized carbons (Fsp3) is 0.231. The molecule has 1 aromatic heterocycles. The molecule has 0 spiro atoms. The number of thiazole rings is 1. The Morgan fingerprint density at radius 1 is 1.30 bits per heavy atom. The van der Waals surface area contributed by atoms with Crippen LogP contribution in [0.1, 0.15) is 11.3 Å². The number of phenolic OH excluding ortho intramolecular Hbond substituents is 1. The summed E-state index contributed by atoms with van der Waals surface area (Å²) in [6, 6.07) is 3.33. The Morgan fingerprint density at radius 3 is 2.45 bits per heavy atom. The second-order valence-corrected chi connectivity index (χ2v) is 4.80. The molecule has 1 aromatic carbocycles. The number of hydrazone groups is 1. The summed E-state index contributed by atoms with van der Waals surface area (Å²) < 4.78 is 10.1. The van der Waals surface area contributed by atoms with E-state index in [-0.39, 0.29) is 5.75 Å². The highest BCUT2D eigenvalue weighted by atomic mass is 32.1. The fourth-order valence-corrected chi connectivity index (χ4v) is 2.19. The Kier molecular flexibility index (Phi) is 4.41. The lowest BCUT2D eigenvalue weighted by molar-refractivity contribution is 0.340. The van der Waals surface area contributed by atoms with E-state index >= 15 is 0 Å². The molecule has 7 heteroatoms. The fourth-order valence-electron chi connectivity index (χ4n) is 1.56. The predicted octanol–water partition coefficient (Wildman–Crippen LogP) is 2.62. The predicted molar refractivity (Wildman–Crippen MR) is 79.3 cm³/mol. The number of methoxy groups -OCH3 is 2. The van der Waals surface area contributed by atoms with E-state index in [2.05, 4.69) is 15.5 Å². The maximum atomic E-state index is 9.80. The van der Waals surface area contributed by atoms with E-state index in [0.717, 1.165) is 16.4 Å². The molecule has 2 N–H and O–H groups in total. The van der Waals surface area contributed by atoms with Crippen molar-refractivity contribution in [3.05, 3.63) is 28.8 Å². The molecule has 2 rings (SSSR count). The average molecular weight is 293 g/mol. The number of hydrogen-bond donors (Lipinski definition) is 2. The number of ether oxygens (including phenoxy) is 2. The van der Waals surface area contributed by atoms with Crippen molar-refractivity contribution in [1.29, 1.82) is 0 Å². The Labute approximate surface area is 120 Å². The van der Waals surface area contributed by atoms with Gasteiger partial charge in [0.25, 0.3) is 0 Å². The van der Waals surface area contributed by atoms with Crippen molar-refractivity contribution >= 4 is 22.7 Å². The minimum atomic E-state index is -0.0318. The number of anilines is 1. The first-order chi connectivity index (χ1) is 9.63. The van der Waals surface area contributed by atoms with Gasteiger partial charge in [-0.1, -0.05) is 0 Å². The number of nitrogens with one attached hydrogen (secondary N) is 1. The Bertz CT molecular complexity index is 600. The van der Waals surface area contributed by atoms with E-state index in [1.807, 2.05) is 12.3 Å². The maximum Gasteiger partial charge on any atom is 0.203 e. The molecule has 6 nitrogen and oxygen atoms in total. The summed E-state index contributed by atoms with van der Waals surface area (Å²) in [5, 5.41) is 16.5. The average Bonchev–Trinajstić information content (AvgIpc) is 2.86. The van der Waals surface area contributed by atoms with Gasteiger partial charge < -0.3 is 14.6 Å². The normalized spacial score (nSPS) is 10.8. The van der Waals surface area contributed by atoms with Crippen LogP contribution < -0.4 is 14.9 Å². The lowest BCUT2D eigenvalue weighted by atomic mass is 10.2. The second kappa shape index (κ2) is 6.25. The van der Waals surface area contributed by atoms with Gasteiger partial charge in [-0.3, -0.25) is 5.43 Å². The van der Waals surface area contributed by atoms with E-state index in [4.69, 9.17) is 9.47 Å². The standard InChI is InChI=1S/C13H15N3O3S/c1-8-7-20-13(15-8)16-14-6-9-4-10(18-2)12(17)11(5-9)19-3/h4-7,17H,1-3H3,(H,15,16). The number of rotatable bonds is 5. The van der Waals surface area contributed by atoms with E-state index < -0.39 is 0 Å². The zero-order valence-corrected chi connectivity index (χ0v) is 12.2. The third-order valence-electron chi connectivity index (χ3n) is 2.49. The van der Waals surface area contributed by atoms with Crippen molar-refractivity contribution in [1.82, 2.24) is 4.98 Å². The molecule has 2 aromatic rings. The number of phenols is 1. The first kappa shape index (κ1) is 14.1. The molecule has 0 fully saturated rings. The summed E-state index contributed by atoms with van der Waals surface area (Å²) in [6.45, 7) is 1.92. The Balaban J connectivity index is 2.16. The number of aromatic hydroxyl groups is 1. The first-order valence-corrected chi connectivity index (χ1v) is 6.68. The number of nitrogens with zero attached hydrogens (tertiary/aromatic N) is 2. The quantitative estimate of drug-likeness (QED) is 0.654. The van der Waals surface area contributed by atoms with Crippen LogP contribution in [-0.2, 0) is 0 Å². The molecule has 0 aliphatic heterocycles. The van der Waals surface area contributed by atoms with Gasteiger partial charge >= 0.3 is 0 Å². The minimum absolute atomic E-state index is 0.0318. The molecule has 0 atom stereocenters. The van der Waals surface area contributed by atoms with Gasteiger partial charge in [0.05, 0.1) is 26.1 Å². The van der Waals surface area contributed by atoms with E-state index in [1.165, 1.54) is 25.6 Å². The van der Waals surface area contributed by atoms with Crippen LogP contribution in [0.15, 0.2) is 22.6 Å². The third kappa shape index (κ3) is 3.18. The van der Waals surface area contributed by atoms with Gasteiger partial charge in [0.1, 0.15) is 0 Å². The molecule has 0 saturated heterocycles. The van der Waals surface area contributed by atoms with Crippen molar-refractivity contribution < 1.29 is 14.6 Å². The van der Waals surface area contributed by atoms with Gasteiger partial charge in [0.2, 0.25) is 10.9 Å². The maximum absolute atomic E-state index is 9.80. The smallest absolute Gasteiger partial charge is 0.203 e. The van der Waals surface area contributed by atoms with Crippen molar-refractivity contribution in [2.45, 2.75) is 6.92 Å². The van der Waals surface area contributed by atoms with Crippen LogP contribution in [-0.4, -0.2) is 30.5 Å². The van der Waals surface area contributed by atoms with Gasteiger partial charge in [0, 0.05) is 10.9 Å². The van der Waals surface area contributed by atoms with Gasteiger partial charge in [-0.15, -0.1) is 11.3 Å². The summed E-state index contributed by atoms with van der Waals surface area (Å²) in [5.74, 6) is 0.627. The molecule has 0 aliphatic carbocycles. The zero-order valence-electron chi connectivity index (χ0n) is 11.4. The number of aromatic nitrogens is 1. The van der Waals surface area contributed by atoms with Crippen LogP contribution in [0.5, 0.6) is 17.2 Å². The van der Waals surface area contributed by atoms with Crippen LogP contribution in [0.2, 0.25) is 0 Å². The van der Waals surface area contributed by atoms with Gasteiger partial charge in [-0.05, 0) is 19.1 Å². The zero-order chi connectivity index (χ0) is 14.5. The second-order valence-electron chi connectivity index (χ2n) is 3.94. The van der Waals surface area contributed by atoms with Gasteiger partial charge in [-0.2, -0.15) is 5.10 Å². The third-order valence-corrected chi connectivity index (χ3v) is 3.36. The molecule has 0 unspecified atom stereocenters.